The van der Waals surface area contributed by atoms with Crippen LogP contribution in [0.25, 0.3) is 0 Å². The highest BCUT2D eigenvalue weighted by Crippen LogP contribution is 2.19. The Bertz CT molecular complexity index is 1310. The van der Waals surface area contributed by atoms with Crippen molar-refractivity contribution in [3.8, 4) is 6.07 Å². The standard InChI is InChI=1S/C22H22N8O3S/c1-34(32,33)19-8-6-17(7-9-19)26-20-24-15-25-21(28-20)29-10-12-30(13-11-29)22(31)27-18-4-2-16(14-23)3-5-18/h2-9,15H,10-13H2,1H3,(H,27,31)(H,24,25,26,28). The quantitative estimate of drug-likeness (QED) is 0.564. The van der Waals surface area contributed by atoms with Crippen molar-refractivity contribution in [3.05, 3.63) is 60.4 Å². The molecule has 2 aromatic carbocycles. The van der Waals surface area contributed by atoms with Gasteiger partial charge in [0.25, 0.3) is 0 Å². The molecule has 0 atom stereocenters. The molecule has 2 heterocycles. The van der Waals surface area contributed by atoms with Crippen LogP contribution in [-0.4, -0.2) is 66.7 Å². The average Bonchev–Trinajstić information content (AvgIpc) is 2.84. The number of piperazine rings is 1. The number of carbonyl (C=O) groups excluding carboxylic acids is 1. The topological polar surface area (TPSA) is 144 Å². The molecule has 12 heteroatoms. The van der Waals surface area contributed by atoms with Gasteiger partial charge in [-0.05, 0) is 48.5 Å². The molecule has 2 amide bonds. The second-order valence-corrected chi connectivity index (χ2v) is 9.64. The van der Waals surface area contributed by atoms with Gasteiger partial charge in [0.05, 0.1) is 16.5 Å². The molecule has 1 fully saturated rings. The molecule has 0 radical (unpaired) electrons. The van der Waals surface area contributed by atoms with Crippen molar-refractivity contribution in [3.63, 3.8) is 0 Å². The van der Waals surface area contributed by atoms with Crippen LogP contribution in [-0.2, 0) is 9.84 Å². The molecular weight excluding hydrogens is 456 g/mol. The number of hydrogen-bond donors (Lipinski definition) is 2. The number of amides is 2. The molecule has 4 rings (SSSR count). The molecule has 0 spiro atoms. The fourth-order valence-corrected chi connectivity index (χ4v) is 3.99. The Morgan fingerprint density at radius 1 is 0.971 bits per heavy atom. The van der Waals surface area contributed by atoms with Gasteiger partial charge in [0.1, 0.15) is 6.33 Å². The molecule has 1 saturated heterocycles. The molecule has 0 saturated carbocycles. The zero-order chi connectivity index (χ0) is 24.1. The predicted molar refractivity (Wildman–Crippen MR) is 127 cm³/mol. The van der Waals surface area contributed by atoms with Crippen molar-refractivity contribution < 1.29 is 13.2 Å². The van der Waals surface area contributed by atoms with Crippen LogP contribution in [0.1, 0.15) is 5.56 Å². The summed E-state index contributed by atoms with van der Waals surface area (Å²) in [6.07, 6.45) is 2.56. The number of sulfone groups is 1. The van der Waals surface area contributed by atoms with E-state index >= 15 is 0 Å². The molecule has 3 aromatic rings. The van der Waals surface area contributed by atoms with Gasteiger partial charge < -0.3 is 20.4 Å². The lowest BCUT2D eigenvalue weighted by Crippen LogP contribution is -2.50. The molecule has 2 N–H and O–H groups in total. The summed E-state index contributed by atoms with van der Waals surface area (Å²) >= 11 is 0. The molecule has 0 aliphatic carbocycles. The van der Waals surface area contributed by atoms with E-state index < -0.39 is 9.84 Å². The van der Waals surface area contributed by atoms with Crippen LogP contribution in [0.2, 0.25) is 0 Å². The molecule has 11 nitrogen and oxygen atoms in total. The first kappa shape index (κ1) is 22.9. The molecule has 0 unspecified atom stereocenters. The van der Waals surface area contributed by atoms with Crippen LogP contribution in [0.3, 0.4) is 0 Å². The van der Waals surface area contributed by atoms with Gasteiger partial charge in [0.2, 0.25) is 11.9 Å². The van der Waals surface area contributed by atoms with Gasteiger partial charge in [0.15, 0.2) is 9.84 Å². The van der Waals surface area contributed by atoms with Gasteiger partial charge >= 0.3 is 6.03 Å². The van der Waals surface area contributed by atoms with Crippen LogP contribution in [0.15, 0.2) is 59.8 Å². The summed E-state index contributed by atoms with van der Waals surface area (Å²) in [5.74, 6) is 0.815. The van der Waals surface area contributed by atoms with Crippen molar-refractivity contribution >= 4 is 39.1 Å². The maximum atomic E-state index is 12.6. The molecule has 1 aromatic heterocycles. The zero-order valence-electron chi connectivity index (χ0n) is 18.3. The molecule has 1 aliphatic rings. The van der Waals surface area contributed by atoms with E-state index in [1.165, 1.54) is 18.5 Å². The van der Waals surface area contributed by atoms with E-state index in [2.05, 4.69) is 25.6 Å². The minimum absolute atomic E-state index is 0.208. The second-order valence-electron chi connectivity index (χ2n) is 7.62. The number of nitriles is 1. The maximum Gasteiger partial charge on any atom is 0.321 e. The number of carbonyl (C=O) groups is 1. The lowest BCUT2D eigenvalue weighted by atomic mass is 10.2. The number of anilines is 4. The lowest BCUT2D eigenvalue weighted by Gasteiger charge is -2.34. The third-order valence-corrected chi connectivity index (χ3v) is 6.34. The summed E-state index contributed by atoms with van der Waals surface area (Å²) in [5.41, 5.74) is 1.81. The third kappa shape index (κ3) is 5.57. The van der Waals surface area contributed by atoms with E-state index in [-0.39, 0.29) is 10.9 Å². The van der Waals surface area contributed by atoms with Gasteiger partial charge in [-0.15, -0.1) is 0 Å². The van der Waals surface area contributed by atoms with E-state index in [0.717, 1.165) is 6.26 Å². The van der Waals surface area contributed by atoms with Gasteiger partial charge in [-0.1, -0.05) is 0 Å². The van der Waals surface area contributed by atoms with Crippen LogP contribution >= 0.6 is 0 Å². The Labute approximate surface area is 197 Å². The Morgan fingerprint density at radius 2 is 1.62 bits per heavy atom. The van der Waals surface area contributed by atoms with Crippen LogP contribution < -0.4 is 15.5 Å². The van der Waals surface area contributed by atoms with Gasteiger partial charge in [0, 0.05) is 43.8 Å². The van der Waals surface area contributed by atoms with E-state index in [9.17, 15) is 13.2 Å². The fourth-order valence-electron chi connectivity index (χ4n) is 3.35. The minimum Gasteiger partial charge on any atom is -0.337 e. The highest BCUT2D eigenvalue weighted by Gasteiger charge is 2.23. The van der Waals surface area contributed by atoms with Crippen LogP contribution in [0.5, 0.6) is 0 Å². The first-order chi connectivity index (χ1) is 16.3. The first-order valence-corrected chi connectivity index (χ1v) is 12.3. The zero-order valence-corrected chi connectivity index (χ0v) is 19.2. The maximum absolute atomic E-state index is 12.6. The third-order valence-electron chi connectivity index (χ3n) is 5.21. The van der Waals surface area contributed by atoms with Gasteiger partial charge in [-0.3, -0.25) is 0 Å². The number of nitrogens with zero attached hydrogens (tertiary/aromatic N) is 6. The van der Waals surface area contributed by atoms with Crippen LogP contribution in [0, 0.1) is 11.3 Å². The summed E-state index contributed by atoms with van der Waals surface area (Å²) < 4.78 is 23.2. The Morgan fingerprint density at radius 3 is 2.24 bits per heavy atom. The number of nitrogens with one attached hydrogen (secondary N) is 2. The summed E-state index contributed by atoms with van der Waals surface area (Å²) in [4.78, 5) is 29.3. The molecule has 174 valence electrons. The van der Waals surface area contributed by atoms with Crippen molar-refractivity contribution in [1.29, 1.82) is 5.26 Å². The lowest BCUT2D eigenvalue weighted by molar-refractivity contribution is 0.208. The number of hydrogen-bond acceptors (Lipinski definition) is 9. The van der Waals surface area contributed by atoms with Crippen molar-refractivity contribution in [2.75, 3.05) is 48.0 Å². The van der Waals surface area contributed by atoms with Gasteiger partial charge in [-0.25, -0.2) is 23.2 Å². The van der Waals surface area contributed by atoms with E-state index in [0.29, 0.717) is 55.0 Å². The minimum atomic E-state index is -3.26. The fraction of sp³-hybridized carbons (Fsp3) is 0.227. The van der Waals surface area contributed by atoms with E-state index in [1.807, 2.05) is 11.0 Å². The van der Waals surface area contributed by atoms with Crippen LogP contribution in [0.4, 0.5) is 28.1 Å². The number of urea groups is 1. The molecule has 0 bridgehead atoms. The van der Waals surface area contributed by atoms with Crippen molar-refractivity contribution in [1.82, 2.24) is 19.9 Å². The van der Waals surface area contributed by atoms with E-state index in [4.69, 9.17) is 5.26 Å². The second kappa shape index (κ2) is 9.72. The SMILES string of the molecule is CS(=O)(=O)c1ccc(Nc2ncnc(N3CCN(C(=O)Nc4ccc(C#N)cc4)CC3)n2)cc1. The monoisotopic (exact) mass is 478 g/mol. The summed E-state index contributed by atoms with van der Waals surface area (Å²) in [6.45, 7) is 2.08. The number of benzene rings is 2. The smallest absolute Gasteiger partial charge is 0.321 e. The Kier molecular flexibility index (Phi) is 6.55. The molecule has 34 heavy (non-hydrogen) atoms. The van der Waals surface area contributed by atoms with Crippen molar-refractivity contribution in [2.24, 2.45) is 0 Å². The number of aromatic nitrogens is 3. The molecular formula is C22H22N8O3S. The Balaban J connectivity index is 1.34. The highest BCUT2D eigenvalue weighted by molar-refractivity contribution is 7.90. The Hall–Kier alpha value is -4.24. The van der Waals surface area contributed by atoms with Crippen molar-refractivity contribution in [2.45, 2.75) is 4.90 Å². The van der Waals surface area contributed by atoms with E-state index in [1.54, 1.807) is 41.3 Å². The average molecular weight is 479 g/mol. The predicted octanol–water partition coefficient (Wildman–Crippen LogP) is 2.24. The normalized spacial score (nSPS) is 13.8. The largest absolute Gasteiger partial charge is 0.337 e. The summed E-state index contributed by atoms with van der Waals surface area (Å²) in [5, 5.41) is 14.8. The highest BCUT2D eigenvalue weighted by atomic mass is 32.2. The molecule has 1 aliphatic heterocycles. The van der Waals surface area contributed by atoms with Gasteiger partial charge in [-0.2, -0.15) is 10.2 Å². The number of rotatable bonds is 5. The summed E-state index contributed by atoms with van der Waals surface area (Å²) in [7, 11) is -3.26. The summed E-state index contributed by atoms with van der Waals surface area (Å²) in [6, 6.07) is 14.9. The first-order valence-electron chi connectivity index (χ1n) is 10.4.